The Labute approximate surface area is 108 Å². The zero-order chi connectivity index (χ0) is 13.3. The van der Waals surface area contributed by atoms with Crippen LogP contribution in [-0.4, -0.2) is 11.0 Å². The van der Waals surface area contributed by atoms with Crippen molar-refractivity contribution in [3.8, 4) is 0 Å². The number of amides is 1. The Morgan fingerprint density at radius 2 is 2.00 bits per heavy atom. The molecule has 0 aromatic heterocycles. The van der Waals surface area contributed by atoms with Crippen LogP contribution in [-0.2, 0) is 11.2 Å². The van der Waals surface area contributed by atoms with Crippen LogP contribution in [0.1, 0.15) is 50.8 Å². The Hall–Kier alpha value is -1.35. The average Bonchev–Trinajstić information content (AvgIpc) is 2.46. The van der Waals surface area contributed by atoms with Gasteiger partial charge < -0.3 is 10.4 Å². The summed E-state index contributed by atoms with van der Waals surface area (Å²) >= 11 is 0. The molecule has 2 N–H and O–H groups in total. The van der Waals surface area contributed by atoms with E-state index >= 15 is 0 Å². The van der Waals surface area contributed by atoms with Gasteiger partial charge in [-0.2, -0.15) is 0 Å². The molecular formula is C15H21NO2. The molecule has 1 atom stereocenters. The van der Waals surface area contributed by atoms with Crippen LogP contribution in [0.5, 0.6) is 0 Å². The van der Waals surface area contributed by atoms with Crippen molar-refractivity contribution >= 4 is 11.6 Å². The summed E-state index contributed by atoms with van der Waals surface area (Å²) in [7, 11) is 0. The van der Waals surface area contributed by atoms with Gasteiger partial charge in [0.05, 0.1) is 6.10 Å². The van der Waals surface area contributed by atoms with E-state index in [-0.39, 0.29) is 11.3 Å². The van der Waals surface area contributed by atoms with Gasteiger partial charge in [-0.1, -0.05) is 32.9 Å². The summed E-state index contributed by atoms with van der Waals surface area (Å²) in [5.74, 6) is 0.0814. The van der Waals surface area contributed by atoms with Crippen molar-refractivity contribution in [1.29, 1.82) is 0 Å². The van der Waals surface area contributed by atoms with E-state index in [0.29, 0.717) is 6.42 Å². The van der Waals surface area contributed by atoms with Crippen LogP contribution in [0, 0.1) is 5.41 Å². The lowest BCUT2D eigenvalue weighted by molar-refractivity contribution is -0.116. The second kappa shape index (κ2) is 4.73. The van der Waals surface area contributed by atoms with Crippen molar-refractivity contribution in [2.24, 2.45) is 5.41 Å². The number of benzene rings is 1. The molecule has 3 nitrogen and oxygen atoms in total. The summed E-state index contributed by atoms with van der Waals surface area (Å²) in [5.41, 5.74) is 2.77. The minimum Gasteiger partial charge on any atom is -0.388 e. The third-order valence-electron chi connectivity index (χ3n) is 3.39. The molecule has 0 saturated carbocycles. The molecule has 2 rings (SSSR count). The van der Waals surface area contributed by atoms with Gasteiger partial charge in [0, 0.05) is 12.1 Å². The van der Waals surface area contributed by atoms with Crippen molar-refractivity contribution < 1.29 is 9.90 Å². The monoisotopic (exact) mass is 247 g/mol. The number of rotatable bonds is 1. The van der Waals surface area contributed by atoms with Crippen LogP contribution in [0.3, 0.4) is 0 Å². The second-order valence-corrected chi connectivity index (χ2v) is 6.09. The molecular weight excluding hydrogens is 226 g/mol. The molecule has 3 heteroatoms. The highest BCUT2D eigenvalue weighted by atomic mass is 16.3. The van der Waals surface area contributed by atoms with Gasteiger partial charge in [-0.05, 0) is 35.4 Å². The van der Waals surface area contributed by atoms with Crippen molar-refractivity contribution in [1.82, 2.24) is 0 Å². The molecule has 1 unspecified atom stereocenters. The Balaban J connectivity index is 2.32. The molecule has 1 heterocycles. The maximum Gasteiger partial charge on any atom is 0.224 e. The maximum absolute atomic E-state index is 11.5. The normalized spacial score (nSPS) is 17.7. The first-order valence-electron chi connectivity index (χ1n) is 6.48. The van der Waals surface area contributed by atoms with Crippen molar-refractivity contribution in [3.05, 3.63) is 29.3 Å². The topological polar surface area (TPSA) is 49.3 Å². The lowest BCUT2D eigenvalue weighted by Gasteiger charge is -2.26. The third-order valence-corrected chi connectivity index (χ3v) is 3.39. The minimum atomic E-state index is -0.484. The maximum atomic E-state index is 11.5. The highest BCUT2D eigenvalue weighted by Gasteiger charge is 2.24. The summed E-state index contributed by atoms with van der Waals surface area (Å²) in [5, 5.41) is 13.2. The van der Waals surface area contributed by atoms with Crippen LogP contribution in [0.4, 0.5) is 5.69 Å². The fourth-order valence-corrected chi connectivity index (χ4v) is 2.26. The Morgan fingerprint density at radius 3 is 2.67 bits per heavy atom. The van der Waals surface area contributed by atoms with Crippen molar-refractivity contribution in [2.45, 2.75) is 46.1 Å². The number of carbonyl (C=O) groups is 1. The zero-order valence-corrected chi connectivity index (χ0v) is 11.3. The van der Waals surface area contributed by atoms with Crippen LogP contribution in [0.2, 0.25) is 0 Å². The molecule has 1 aliphatic heterocycles. The molecule has 0 spiro atoms. The van der Waals surface area contributed by atoms with Crippen LogP contribution < -0.4 is 5.32 Å². The van der Waals surface area contributed by atoms with E-state index in [9.17, 15) is 9.90 Å². The van der Waals surface area contributed by atoms with Crippen molar-refractivity contribution in [3.63, 3.8) is 0 Å². The number of fused-ring (bicyclic) bond motifs is 1. The molecule has 0 bridgehead atoms. The number of nitrogens with one attached hydrogen (secondary N) is 1. The third kappa shape index (κ3) is 2.72. The number of hydrogen-bond acceptors (Lipinski definition) is 2. The van der Waals surface area contributed by atoms with E-state index in [1.54, 1.807) is 0 Å². The molecule has 0 saturated heterocycles. The molecule has 1 amide bonds. The second-order valence-electron chi connectivity index (χ2n) is 6.09. The molecule has 18 heavy (non-hydrogen) atoms. The number of anilines is 1. The van der Waals surface area contributed by atoms with E-state index in [1.165, 1.54) is 0 Å². The summed E-state index contributed by atoms with van der Waals surface area (Å²) in [6.07, 6.45) is 1.85. The first kappa shape index (κ1) is 13.1. The highest BCUT2D eigenvalue weighted by Crippen LogP contribution is 2.34. The number of carbonyl (C=O) groups excluding carboxylic acids is 1. The molecule has 1 aromatic carbocycles. The van der Waals surface area contributed by atoms with E-state index in [2.05, 4.69) is 5.32 Å². The van der Waals surface area contributed by atoms with Gasteiger partial charge in [0.2, 0.25) is 5.91 Å². The first-order chi connectivity index (χ1) is 8.38. The molecule has 0 fully saturated rings. The molecule has 0 radical (unpaired) electrons. The lowest BCUT2D eigenvalue weighted by atomic mass is 9.84. The van der Waals surface area contributed by atoms with Crippen LogP contribution >= 0.6 is 0 Å². The summed E-state index contributed by atoms with van der Waals surface area (Å²) in [6.45, 7) is 6.06. The Bertz CT molecular complexity index is 460. The standard InChI is InChI=1S/C15H21NO2/c1-15(2,3)14(18)11-7-8-12-10(9-11)5-4-6-13(17)16-12/h7-9,14,18H,4-6H2,1-3H3,(H,16,17). The lowest BCUT2D eigenvalue weighted by Crippen LogP contribution is -2.18. The smallest absolute Gasteiger partial charge is 0.224 e. The van der Waals surface area contributed by atoms with Gasteiger partial charge in [-0.3, -0.25) is 4.79 Å². The SMILES string of the molecule is CC(C)(C)C(O)c1ccc2c(c1)CCCC(=O)N2. The van der Waals surface area contributed by atoms with Gasteiger partial charge in [0.25, 0.3) is 0 Å². The zero-order valence-electron chi connectivity index (χ0n) is 11.3. The average molecular weight is 247 g/mol. The van der Waals surface area contributed by atoms with Gasteiger partial charge in [-0.15, -0.1) is 0 Å². The van der Waals surface area contributed by atoms with E-state index in [1.807, 2.05) is 39.0 Å². The van der Waals surface area contributed by atoms with E-state index < -0.39 is 6.10 Å². The van der Waals surface area contributed by atoms with Gasteiger partial charge >= 0.3 is 0 Å². The Kier molecular flexibility index (Phi) is 3.44. The highest BCUT2D eigenvalue weighted by molar-refractivity contribution is 5.92. The molecule has 1 aliphatic rings. The summed E-state index contributed by atoms with van der Waals surface area (Å²) in [4.78, 5) is 11.5. The van der Waals surface area contributed by atoms with E-state index in [0.717, 1.165) is 29.7 Å². The van der Waals surface area contributed by atoms with Gasteiger partial charge in [0.15, 0.2) is 0 Å². The number of aliphatic hydroxyl groups excluding tert-OH is 1. The van der Waals surface area contributed by atoms with Crippen LogP contribution in [0.25, 0.3) is 0 Å². The minimum absolute atomic E-state index is 0.0814. The van der Waals surface area contributed by atoms with Gasteiger partial charge in [-0.25, -0.2) is 0 Å². The van der Waals surface area contributed by atoms with Crippen molar-refractivity contribution in [2.75, 3.05) is 5.32 Å². The predicted octanol–water partition coefficient (Wildman–Crippen LogP) is 3.04. The fraction of sp³-hybridized carbons (Fsp3) is 0.533. The predicted molar refractivity (Wildman–Crippen MR) is 72.4 cm³/mol. The first-order valence-corrected chi connectivity index (χ1v) is 6.48. The van der Waals surface area contributed by atoms with Gasteiger partial charge in [0.1, 0.15) is 0 Å². The molecule has 1 aromatic rings. The quantitative estimate of drug-likeness (QED) is 0.801. The van der Waals surface area contributed by atoms with E-state index in [4.69, 9.17) is 0 Å². The molecule has 98 valence electrons. The number of aryl methyl sites for hydroxylation is 1. The van der Waals surface area contributed by atoms with Crippen LogP contribution in [0.15, 0.2) is 18.2 Å². The summed E-state index contributed by atoms with van der Waals surface area (Å²) in [6, 6.07) is 5.83. The molecule has 0 aliphatic carbocycles. The summed E-state index contributed by atoms with van der Waals surface area (Å²) < 4.78 is 0. The number of aliphatic hydroxyl groups is 1. The fourth-order valence-electron chi connectivity index (χ4n) is 2.26. The largest absolute Gasteiger partial charge is 0.388 e. The number of hydrogen-bond donors (Lipinski definition) is 2. The Morgan fingerprint density at radius 1 is 1.28 bits per heavy atom.